The van der Waals surface area contributed by atoms with Crippen LogP contribution in [0.1, 0.15) is 18.4 Å². The van der Waals surface area contributed by atoms with E-state index in [1.165, 1.54) is 10.8 Å². The number of hydrogen-bond donors (Lipinski definition) is 1. The predicted octanol–water partition coefficient (Wildman–Crippen LogP) is 1.89. The molecular weight excluding hydrogens is 544 g/mol. The fourth-order valence-electron chi connectivity index (χ4n) is 2.97. The number of carboxylic acid groups (broad SMARTS) is 1. The molecule has 1 saturated heterocycles. The number of carboxylic acids is 1. The number of pyridine rings is 2. The number of hydrogen-bond acceptors (Lipinski definition) is 4. The normalized spacial score (nSPS) is 13.5. The van der Waals surface area contributed by atoms with Crippen LogP contribution in [0.25, 0.3) is 16.6 Å². The van der Waals surface area contributed by atoms with Crippen LogP contribution in [0.3, 0.4) is 0 Å². The molecule has 25 heavy (non-hydrogen) atoms. The Bertz CT molecular complexity index is 898. The van der Waals surface area contributed by atoms with Crippen LogP contribution in [0, 0.1) is 44.3 Å². The summed E-state index contributed by atoms with van der Waals surface area (Å²) in [6.07, 6.45) is 6.40. The smallest absolute Gasteiger partial charge is 0.480 e. The average molecular weight is 561 g/mol. The van der Waals surface area contributed by atoms with Gasteiger partial charge in [-0.05, 0) is 18.9 Å². The van der Waals surface area contributed by atoms with Gasteiger partial charge in [0.25, 0.3) is 0 Å². The van der Waals surface area contributed by atoms with Crippen LogP contribution in [0.15, 0.2) is 29.3 Å². The Morgan fingerprint density at radius 2 is 2.04 bits per heavy atom. The Labute approximate surface area is 169 Å². The molecule has 3 rings (SSSR count). The maximum Gasteiger partial charge on any atom is 2.00 e. The zero-order chi connectivity index (χ0) is 17.3. The van der Waals surface area contributed by atoms with Crippen molar-refractivity contribution in [1.82, 2.24) is 9.55 Å². The zero-order valence-electron chi connectivity index (χ0n) is 13.6. The van der Waals surface area contributed by atoms with E-state index in [-0.39, 0.29) is 59.7 Å². The molecular formula is C18H17N3O3U. The molecule has 2 aromatic heterocycles. The van der Waals surface area contributed by atoms with Gasteiger partial charge in [0.2, 0.25) is 0 Å². The van der Waals surface area contributed by atoms with Crippen molar-refractivity contribution in [1.29, 1.82) is 0 Å². The van der Waals surface area contributed by atoms with Gasteiger partial charge in [-0.3, -0.25) is 4.79 Å². The molecule has 0 aromatic carbocycles. The molecule has 2 aromatic rings. The van der Waals surface area contributed by atoms with E-state index in [0.717, 1.165) is 37.7 Å². The van der Waals surface area contributed by atoms with E-state index in [1.807, 2.05) is 6.07 Å². The monoisotopic (exact) mass is 561 g/mol. The van der Waals surface area contributed by atoms with Gasteiger partial charge in [0, 0.05) is 13.1 Å². The van der Waals surface area contributed by atoms with Crippen molar-refractivity contribution in [2.75, 3.05) is 18.0 Å². The third kappa shape index (κ3) is 3.88. The van der Waals surface area contributed by atoms with Crippen LogP contribution in [-0.4, -0.2) is 33.7 Å². The summed E-state index contributed by atoms with van der Waals surface area (Å²) in [5, 5.41) is 9.16. The maximum absolute atomic E-state index is 12.6. The van der Waals surface area contributed by atoms with Crippen LogP contribution in [0.4, 0.5) is 5.69 Å². The first-order valence-electron chi connectivity index (χ1n) is 7.69. The van der Waals surface area contributed by atoms with Crippen LogP contribution < -0.4 is 10.3 Å². The Balaban J connectivity index is 0.00000225. The number of aliphatic carboxylic acids is 1. The molecule has 126 valence electrons. The van der Waals surface area contributed by atoms with Gasteiger partial charge in [0.05, 0.1) is 17.4 Å². The summed E-state index contributed by atoms with van der Waals surface area (Å²) < 4.78 is 1.47. The van der Waals surface area contributed by atoms with E-state index in [9.17, 15) is 9.59 Å². The van der Waals surface area contributed by atoms with Crippen molar-refractivity contribution < 1.29 is 41.0 Å². The number of nitrogens with zero attached hydrogens (tertiary/aromatic N) is 3. The van der Waals surface area contributed by atoms with Crippen LogP contribution in [0.5, 0.6) is 0 Å². The van der Waals surface area contributed by atoms with Crippen molar-refractivity contribution >= 4 is 28.3 Å². The van der Waals surface area contributed by atoms with Crippen molar-refractivity contribution in [3.63, 3.8) is 0 Å². The van der Waals surface area contributed by atoms with E-state index in [4.69, 9.17) is 18.3 Å². The molecule has 0 atom stereocenters. The first-order chi connectivity index (χ1) is 11.5. The number of rotatable bonds is 5. The molecule has 1 N–H and O–H groups in total. The van der Waals surface area contributed by atoms with Gasteiger partial charge in [0.15, 0.2) is 0 Å². The molecule has 6 nitrogen and oxygen atoms in total. The number of aromatic nitrogens is 2. The zero-order valence-corrected chi connectivity index (χ0v) is 17.8. The second-order valence-corrected chi connectivity index (χ2v) is 5.77. The third-order valence-corrected chi connectivity index (χ3v) is 4.17. The van der Waals surface area contributed by atoms with E-state index >= 15 is 0 Å². The summed E-state index contributed by atoms with van der Waals surface area (Å²) in [6.45, 7) is 12.7. The second kappa shape index (κ2) is 8.03. The second-order valence-electron chi connectivity index (χ2n) is 5.77. The van der Waals surface area contributed by atoms with Gasteiger partial charge in [-0.1, -0.05) is 6.20 Å². The first-order valence-corrected chi connectivity index (χ1v) is 7.69. The maximum atomic E-state index is 12.6. The average Bonchev–Trinajstić information content (AvgIpc) is 3.10. The number of anilines is 1. The summed E-state index contributed by atoms with van der Waals surface area (Å²) in [5.74, 6) is -1.02. The van der Waals surface area contributed by atoms with Crippen LogP contribution >= 0.6 is 0 Å². The number of allylic oxidation sites excluding steroid dienone is 2. The number of carbonyl (C=O) groups is 1. The van der Waals surface area contributed by atoms with Gasteiger partial charge in [-0.2, -0.15) is 0 Å². The van der Waals surface area contributed by atoms with Gasteiger partial charge in [-0.15, -0.1) is 5.56 Å². The molecule has 0 amide bonds. The molecule has 0 saturated carbocycles. The van der Waals surface area contributed by atoms with Crippen molar-refractivity contribution in [3.05, 3.63) is 53.5 Å². The number of fused-ring (bicyclic) bond motifs is 1. The minimum atomic E-state index is -1.02. The summed E-state index contributed by atoms with van der Waals surface area (Å²) in [6, 6.07) is 1.81. The summed E-state index contributed by atoms with van der Waals surface area (Å²) >= 11 is 0. The molecule has 1 fully saturated rings. The molecule has 3 heterocycles. The van der Waals surface area contributed by atoms with Crippen molar-refractivity contribution in [2.24, 2.45) is 0 Å². The first kappa shape index (κ1) is 19.5. The molecule has 0 unspecified atom stereocenters. The van der Waals surface area contributed by atoms with E-state index in [2.05, 4.69) is 9.88 Å². The van der Waals surface area contributed by atoms with Gasteiger partial charge in [-0.25, -0.2) is 4.98 Å². The molecule has 0 spiro atoms. The van der Waals surface area contributed by atoms with Crippen molar-refractivity contribution in [2.45, 2.75) is 19.4 Å². The Kier molecular flexibility index (Phi) is 6.26. The standard InChI is InChI=1S/C18H17N3O3.U/c1-3-12(2)14-10-21(11-16(22)23)15-8-13(20-6-4-5-7-20)9-19-17(15)18(14)24;/h1-3,8-10H,4-7,11H2,(H,22,23);/q-2;+2. The largest absolute Gasteiger partial charge is 2.00 e. The fourth-order valence-corrected chi connectivity index (χ4v) is 2.97. The predicted molar refractivity (Wildman–Crippen MR) is 91.7 cm³/mol. The molecule has 0 radical (unpaired) electrons. The molecule has 0 bridgehead atoms. The fraction of sp³-hybridized carbons (Fsp3) is 0.278. The van der Waals surface area contributed by atoms with Gasteiger partial charge >= 0.3 is 37.1 Å². The summed E-state index contributed by atoms with van der Waals surface area (Å²) in [7, 11) is 0. The Hall–Kier alpha value is -1.84. The minimum Gasteiger partial charge on any atom is -0.480 e. The van der Waals surface area contributed by atoms with Crippen LogP contribution in [-0.2, 0) is 11.3 Å². The molecule has 0 aliphatic carbocycles. The minimum absolute atomic E-state index is 0. The summed E-state index contributed by atoms with van der Waals surface area (Å²) in [4.78, 5) is 30.2. The molecule has 7 heteroatoms. The Morgan fingerprint density at radius 3 is 2.64 bits per heavy atom. The molecule has 1 aliphatic rings. The van der Waals surface area contributed by atoms with Gasteiger partial charge < -0.3 is 44.2 Å². The quantitative estimate of drug-likeness (QED) is 0.446. The SMILES string of the molecule is [CH-]=CC(=[CH-])c1cn(CC(=O)O)c2cc(N3CCCC3)cnc2c1=O.[U+2]. The van der Waals surface area contributed by atoms with Crippen molar-refractivity contribution in [3.8, 4) is 0 Å². The van der Waals surface area contributed by atoms with Gasteiger partial charge in [0.1, 0.15) is 17.5 Å². The Morgan fingerprint density at radius 1 is 1.36 bits per heavy atom. The topological polar surface area (TPSA) is 75.4 Å². The van der Waals surface area contributed by atoms with E-state index in [0.29, 0.717) is 5.52 Å². The van der Waals surface area contributed by atoms with E-state index in [1.54, 1.807) is 6.20 Å². The molecule has 1 aliphatic heterocycles. The van der Waals surface area contributed by atoms with Crippen LogP contribution in [0.2, 0.25) is 0 Å². The third-order valence-electron chi connectivity index (χ3n) is 4.17. The van der Waals surface area contributed by atoms with E-state index < -0.39 is 5.97 Å². The summed E-state index contributed by atoms with van der Waals surface area (Å²) in [5.41, 5.74) is 1.41.